The second-order valence-corrected chi connectivity index (χ2v) is 6.26. The van der Waals surface area contributed by atoms with Crippen LogP contribution in [0.4, 0.5) is 0 Å². The van der Waals surface area contributed by atoms with Crippen molar-refractivity contribution in [2.45, 2.75) is 33.2 Å². The van der Waals surface area contributed by atoms with Gasteiger partial charge in [-0.25, -0.2) is 13.1 Å². The Bertz CT molecular complexity index is 226. The maximum Gasteiger partial charge on any atom is 0.212 e. The van der Waals surface area contributed by atoms with Gasteiger partial charge in [0.1, 0.15) is 0 Å². The Morgan fingerprint density at radius 3 is 2.23 bits per heavy atom. The molecule has 0 rings (SSSR count). The highest BCUT2D eigenvalue weighted by Crippen LogP contribution is 2.01. The molecule has 13 heavy (non-hydrogen) atoms. The lowest BCUT2D eigenvalue weighted by Crippen LogP contribution is -2.35. The van der Waals surface area contributed by atoms with Crippen molar-refractivity contribution in [2.75, 3.05) is 11.1 Å². The lowest BCUT2D eigenvalue weighted by Gasteiger charge is -2.13. The first-order valence-corrected chi connectivity index (χ1v) is 7.20. The van der Waals surface area contributed by atoms with E-state index in [9.17, 15) is 8.42 Å². The number of rotatable bonds is 6. The zero-order valence-corrected chi connectivity index (χ0v) is 10.8. The Morgan fingerprint density at radius 2 is 1.85 bits per heavy atom. The van der Waals surface area contributed by atoms with E-state index < -0.39 is 10.0 Å². The van der Waals surface area contributed by atoms with Gasteiger partial charge in [0.25, 0.3) is 0 Å². The molecule has 0 radical (unpaired) electrons. The van der Waals surface area contributed by atoms with Crippen LogP contribution in [0.1, 0.15) is 27.2 Å². The van der Waals surface area contributed by atoms with Crippen molar-refractivity contribution < 1.29 is 8.42 Å². The fourth-order valence-electron chi connectivity index (χ4n) is 1.02. The molecule has 0 aromatic rings. The molecular formula is C8H18BrNO2S. The van der Waals surface area contributed by atoms with Crippen molar-refractivity contribution in [1.29, 1.82) is 0 Å². The second-order valence-electron chi connectivity index (χ2n) is 3.67. The summed E-state index contributed by atoms with van der Waals surface area (Å²) in [5.74, 6) is 0.383. The molecule has 0 fully saturated rings. The van der Waals surface area contributed by atoms with Gasteiger partial charge >= 0.3 is 0 Å². The minimum absolute atomic E-state index is 0.0168. The van der Waals surface area contributed by atoms with E-state index in [1.807, 2.05) is 20.8 Å². The largest absolute Gasteiger partial charge is 0.212 e. The first-order valence-electron chi connectivity index (χ1n) is 4.43. The third-order valence-corrected chi connectivity index (χ3v) is 3.80. The van der Waals surface area contributed by atoms with Crippen molar-refractivity contribution >= 4 is 26.0 Å². The molecule has 0 heterocycles. The summed E-state index contributed by atoms with van der Waals surface area (Å²) in [6.07, 6.45) is 0.817. The van der Waals surface area contributed by atoms with Gasteiger partial charge in [-0.3, -0.25) is 0 Å². The van der Waals surface area contributed by atoms with Gasteiger partial charge in [-0.15, -0.1) is 0 Å². The first kappa shape index (κ1) is 13.4. The predicted molar refractivity (Wildman–Crippen MR) is 59.6 cm³/mol. The molecule has 1 atom stereocenters. The zero-order valence-electron chi connectivity index (χ0n) is 8.38. The van der Waals surface area contributed by atoms with Gasteiger partial charge in [-0.2, -0.15) is 0 Å². The van der Waals surface area contributed by atoms with Crippen LogP contribution < -0.4 is 4.72 Å². The Kier molecular flexibility index (Phi) is 6.16. The molecule has 5 heteroatoms. The maximum atomic E-state index is 11.4. The average Bonchev–Trinajstić information content (AvgIpc) is 1.81. The molecule has 0 aliphatic rings. The molecule has 80 valence electrons. The molecule has 0 aliphatic carbocycles. The number of nitrogens with one attached hydrogen (secondary N) is 1. The van der Waals surface area contributed by atoms with Crippen LogP contribution in [0.3, 0.4) is 0 Å². The third-order valence-electron chi connectivity index (χ3n) is 1.48. The van der Waals surface area contributed by atoms with Crippen LogP contribution >= 0.6 is 15.9 Å². The normalized spacial score (nSPS) is 14.8. The molecule has 0 bridgehead atoms. The van der Waals surface area contributed by atoms with Gasteiger partial charge in [0.05, 0.1) is 5.75 Å². The minimum Gasteiger partial charge on any atom is -0.212 e. The van der Waals surface area contributed by atoms with E-state index in [1.54, 1.807) is 0 Å². The molecule has 0 saturated carbocycles. The number of alkyl halides is 1. The number of hydrogen-bond acceptors (Lipinski definition) is 2. The SMILES string of the molecule is CC(C)CS(=O)(=O)NC(C)CCBr. The smallest absolute Gasteiger partial charge is 0.212 e. The Hall–Kier alpha value is 0.390. The summed E-state index contributed by atoms with van der Waals surface area (Å²) in [5, 5.41) is 0.818. The summed E-state index contributed by atoms with van der Waals surface area (Å²) in [7, 11) is -3.07. The summed E-state index contributed by atoms with van der Waals surface area (Å²) < 4.78 is 25.4. The Labute approximate surface area is 89.5 Å². The van der Waals surface area contributed by atoms with Crippen LogP contribution in [0.15, 0.2) is 0 Å². The topological polar surface area (TPSA) is 46.2 Å². The molecule has 1 N–H and O–H groups in total. The number of sulfonamides is 1. The summed E-state index contributed by atoms with van der Waals surface area (Å²) >= 11 is 3.27. The van der Waals surface area contributed by atoms with Crippen molar-refractivity contribution in [2.24, 2.45) is 5.92 Å². The van der Waals surface area contributed by atoms with E-state index in [2.05, 4.69) is 20.7 Å². The molecule has 3 nitrogen and oxygen atoms in total. The highest BCUT2D eigenvalue weighted by atomic mass is 79.9. The lowest BCUT2D eigenvalue weighted by molar-refractivity contribution is 0.546. The highest BCUT2D eigenvalue weighted by molar-refractivity contribution is 9.09. The summed E-state index contributed by atoms with van der Waals surface area (Å²) in [4.78, 5) is 0. The molecule has 1 unspecified atom stereocenters. The van der Waals surface area contributed by atoms with Crippen molar-refractivity contribution in [3.8, 4) is 0 Å². The molecule has 0 aliphatic heterocycles. The van der Waals surface area contributed by atoms with E-state index in [4.69, 9.17) is 0 Å². The van der Waals surface area contributed by atoms with Gasteiger partial charge < -0.3 is 0 Å². The Morgan fingerprint density at radius 1 is 1.31 bits per heavy atom. The van der Waals surface area contributed by atoms with Gasteiger partial charge in [0.2, 0.25) is 10.0 Å². The maximum absolute atomic E-state index is 11.4. The van der Waals surface area contributed by atoms with Crippen molar-refractivity contribution in [1.82, 2.24) is 4.72 Å². The van der Waals surface area contributed by atoms with E-state index >= 15 is 0 Å². The van der Waals surface area contributed by atoms with Crippen LogP contribution in [-0.4, -0.2) is 25.5 Å². The molecule has 0 aromatic carbocycles. The number of halogens is 1. The fourth-order valence-corrected chi connectivity index (χ4v) is 3.41. The molecule has 0 amide bonds. The predicted octanol–water partition coefficient (Wildman–Crippen LogP) is 1.74. The first-order chi connectivity index (χ1) is 5.87. The molecule has 0 aromatic heterocycles. The van der Waals surface area contributed by atoms with Gasteiger partial charge in [-0.1, -0.05) is 29.8 Å². The molecule has 0 saturated heterocycles. The second kappa shape index (κ2) is 5.98. The molecular weight excluding hydrogens is 254 g/mol. The monoisotopic (exact) mass is 271 g/mol. The Balaban J connectivity index is 4.02. The summed E-state index contributed by atoms with van der Waals surface area (Å²) in [5.41, 5.74) is 0. The van der Waals surface area contributed by atoms with E-state index in [0.29, 0.717) is 0 Å². The fraction of sp³-hybridized carbons (Fsp3) is 1.00. The molecule has 0 spiro atoms. The van der Waals surface area contributed by atoms with Crippen LogP contribution in [0, 0.1) is 5.92 Å². The van der Waals surface area contributed by atoms with Gasteiger partial charge in [-0.05, 0) is 19.3 Å². The zero-order chi connectivity index (χ0) is 10.5. The van der Waals surface area contributed by atoms with E-state index in [-0.39, 0.29) is 17.7 Å². The average molecular weight is 272 g/mol. The van der Waals surface area contributed by atoms with E-state index in [0.717, 1.165) is 11.8 Å². The van der Waals surface area contributed by atoms with E-state index in [1.165, 1.54) is 0 Å². The van der Waals surface area contributed by atoms with Crippen LogP contribution in [-0.2, 0) is 10.0 Å². The van der Waals surface area contributed by atoms with Crippen LogP contribution in [0.2, 0.25) is 0 Å². The standard InChI is InChI=1S/C8H18BrNO2S/c1-7(2)6-13(11,12)10-8(3)4-5-9/h7-8,10H,4-6H2,1-3H3. The summed E-state index contributed by atoms with van der Waals surface area (Å²) in [6.45, 7) is 5.67. The summed E-state index contributed by atoms with van der Waals surface area (Å²) in [6, 6.07) is 0.0168. The van der Waals surface area contributed by atoms with Gasteiger partial charge in [0, 0.05) is 11.4 Å². The number of hydrogen-bond donors (Lipinski definition) is 1. The minimum atomic E-state index is -3.07. The third kappa shape index (κ3) is 7.46. The van der Waals surface area contributed by atoms with Crippen LogP contribution in [0.25, 0.3) is 0 Å². The van der Waals surface area contributed by atoms with Gasteiger partial charge in [0.15, 0.2) is 0 Å². The quantitative estimate of drug-likeness (QED) is 0.748. The van der Waals surface area contributed by atoms with Crippen molar-refractivity contribution in [3.05, 3.63) is 0 Å². The lowest BCUT2D eigenvalue weighted by atomic mass is 10.3. The van der Waals surface area contributed by atoms with Crippen molar-refractivity contribution in [3.63, 3.8) is 0 Å². The van der Waals surface area contributed by atoms with Crippen LogP contribution in [0.5, 0.6) is 0 Å². The highest BCUT2D eigenvalue weighted by Gasteiger charge is 2.15.